The van der Waals surface area contributed by atoms with Gasteiger partial charge in [-0.15, -0.1) is 0 Å². The molecule has 1 N–H and O–H groups in total. The lowest BCUT2D eigenvalue weighted by atomic mass is 10.0. The molecular formula is C15H11F3N4O2. The molecule has 0 fully saturated rings. The number of hydrogen-bond acceptors (Lipinski definition) is 5. The average Bonchev–Trinajstić information content (AvgIpc) is 2.95. The highest BCUT2D eigenvalue weighted by Gasteiger charge is 2.63. The number of aromatic nitrogens is 2. The molecule has 0 unspecified atom stereocenters. The normalized spacial score (nSPS) is 20.8. The fraction of sp³-hybridized carbons (Fsp3) is 0.200. The number of carbonyl (C=O) groups is 1. The number of aliphatic hydroxyl groups is 1. The SMILES string of the molecule is O=C(c1ccncc1)N1N=C(c2cccnc2)C[C@@]1(O)C(F)(F)F. The van der Waals surface area contributed by atoms with E-state index in [-0.39, 0.29) is 16.3 Å². The van der Waals surface area contributed by atoms with Crippen LogP contribution in [-0.4, -0.2) is 43.6 Å². The molecule has 3 rings (SSSR count). The molecule has 124 valence electrons. The van der Waals surface area contributed by atoms with Crippen LogP contribution in [0.3, 0.4) is 0 Å². The van der Waals surface area contributed by atoms with Crippen LogP contribution in [0, 0.1) is 0 Å². The van der Waals surface area contributed by atoms with Crippen LogP contribution in [0.2, 0.25) is 0 Å². The van der Waals surface area contributed by atoms with E-state index in [9.17, 15) is 23.1 Å². The van der Waals surface area contributed by atoms with E-state index in [0.29, 0.717) is 5.56 Å². The predicted octanol–water partition coefficient (Wildman–Crippen LogP) is 1.98. The average molecular weight is 336 g/mol. The molecule has 0 radical (unpaired) electrons. The van der Waals surface area contributed by atoms with Crippen molar-refractivity contribution in [1.29, 1.82) is 0 Å². The second-order valence-electron chi connectivity index (χ2n) is 5.13. The molecule has 0 spiro atoms. The minimum atomic E-state index is -5.08. The summed E-state index contributed by atoms with van der Waals surface area (Å²) in [5.74, 6) is -1.07. The third kappa shape index (κ3) is 2.62. The first kappa shape index (κ1) is 16.1. The standard InChI is InChI=1S/C15H11F3N4O2/c16-15(17,18)14(24)8-12(11-2-1-5-20-9-11)21-22(14)13(23)10-3-6-19-7-4-10/h1-7,9,24H,8H2/t14-/m1/s1. The Balaban J connectivity index is 2.05. The van der Waals surface area contributed by atoms with Crippen LogP contribution in [-0.2, 0) is 0 Å². The van der Waals surface area contributed by atoms with Gasteiger partial charge in [0.15, 0.2) is 0 Å². The molecule has 1 aliphatic heterocycles. The highest BCUT2D eigenvalue weighted by molar-refractivity contribution is 6.05. The molecule has 0 aliphatic carbocycles. The maximum absolute atomic E-state index is 13.4. The Morgan fingerprint density at radius 2 is 1.88 bits per heavy atom. The molecule has 9 heteroatoms. The Morgan fingerprint density at radius 1 is 1.17 bits per heavy atom. The van der Waals surface area contributed by atoms with Gasteiger partial charge in [0.2, 0.25) is 0 Å². The minimum Gasteiger partial charge on any atom is -0.362 e. The maximum atomic E-state index is 13.4. The van der Waals surface area contributed by atoms with E-state index in [1.165, 1.54) is 49.1 Å². The zero-order chi connectivity index (χ0) is 17.4. The van der Waals surface area contributed by atoms with E-state index in [1.807, 2.05) is 0 Å². The van der Waals surface area contributed by atoms with Crippen LogP contribution in [0.1, 0.15) is 22.3 Å². The van der Waals surface area contributed by atoms with Crippen molar-refractivity contribution in [2.45, 2.75) is 18.3 Å². The topological polar surface area (TPSA) is 78.7 Å². The summed E-state index contributed by atoms with van der Waals surface area (Å²) in [6.45, 7) is 0. The summed E-state index contributed by atoms with van der Waals surface area (Å²) in [7, 11) is 0. The molecule has 1 atom stereocenters. The Labute approximate surface area is 134 Å². The zero-order valence-corrected chi connectivity index (χ0v) is 12.1. The predicted molar refractivity (Wildman–Crippen MR) is 76.8 cm³/mol. The van der Waals surface area contributed by atoms with Crippen LogP contribution in [0.15, 0.2) is 54.2 Å². The highest BCUT2D eigenvalue weighted by atomic mass is 19.4. The summed E-state index contributed by atoms with van der Waals surface area (Å²) < 4.78 is 40.2. The molecule has 1 amide bonds. The second-order valence-corrected chi connectivity index (χ2v) is 5.13. The fourth-order valence-corrected chi connectivity index (χ4v) is 2.29. The van der Waals surface area contributed by atoms with Crippen molar-refractivity contribution in [3.05, 3.63) is 60.2 Å². The molecule has 0 bridgehead atoms. The van der Waals surface area contributed by atoms with Crippen LogP contribution >= 0.6 is 0 Å². The number of rotatable bonds is 2. The number of amides is 1. The van der Waals surface area contributed by atoms with Gasteiger partial charge in [0, 0.05) is 35.9 Å². The quantitative estimate of drug-likeness (QED) is 0.909. The molecule has 2 aromatic heterocycles. The van der Waals surface area contributed by atoms with E-state index in [0.717, 1.165) is 0 Å². The summed E-state index contributed by atoms with van der Waals surface area (Å²) in [4.78, 5) is 19.9. The smallest absolute Gasteiger partial charge is 0.362 e. The number of alkyl halides is 3. The molecule has 3 heterocycles. The molecule has 6 nitrogen and oxygen atoms in total. The molecule has 0 aromatic carbocycles. The first-order valence-corrected chi connectivity index (χ1v) is 6.84. The van der Waals surface area contributed by atoms with E-state index in [2.05, 4.69) is 15.1 Å². The van der Waals surface area contributed by atoms with Gasteiger partial charge in [-0.05, 0) is 18.2 Å². The molecule has 0 saturated heterocycles. The number of nitrogens with zero attached hydrogens (tertiary/aromatic N) is 4. The van der Waals surface area contributed by atoms with Gasteiger partial charge in [-0.3, -0.25) is 14.8 Å². The summed E-state index contributed by atoms with van der Waals surface area (Å²) in [5, 5.41) is 14.0. The van der Waals surface area contributed by atoms with Gasteiger partial charge in [0.1, 0.15) is 0 Å². The van der Waals surface area contributed by atoms with Gasteiger partial charge in [-0.25, -0.2) is 0 Å². The Bertz CT molecular complexity index is 780. The first-order chi connectivity index (χ1) is 11.3. The molecule has 24 heavy (non-hydrogen) atoms. The van der Waals surface area contributed by atoms with Gasteiger partial charge in [-0.1, -0.05) is 6.07 Å². The number of hydrazone groups is 1. The van der Waals surface area contributed by atoms with E-state index >= 15 is 0 Å². The van der Waals surface area contributed by atoms with Crippen LogP contribution < -0.4 is 0 Å². The van der Waals surface area contributed by atoms with Crippen molar-refractivity contribution in [2.75, 3.05) is 0 Å². The van der Waals surface area contributed by atoms with Gasteiger partial charge >= 0.3 is 6.18 Å². The fourth-order valence-electron chi connectivity index (χ4n) is 2.29. The number of carbonyl (C=O) groups excluding carboxylic acids is 1. The lowest BCUT2D eigenvalue weighted by Gasteiger charge is -2.32. The van der Waals surface area contributed by atoms with E-state index in [4.69, 9.17) is 0 Å². The van der Waals surface area contributed by atoms with Crippen molar-refractivity contribution < 1.29 is 23.1 Å². The van der Waals surface area contributed by atoms with Gasteiger partial charge in [-0.2, -0.15) is 23.3 Å². The van der Waals surface area contributed by atoms with Crippen LogP contribution in [0.25, 0.3) is 0 Å². The summed E-state index contributed by atoms with van der Waals surface area (Å²) in [6.07, 6.45) is -0.656. The largest absolute Gasteiger partial charge is 0.438 e. The molecule has 0 saturated carbocycles. The third-order valence-electron chi connectivity index (χ3n) is 3.55. The molecule has 2 aromatic rings. The van der Waals surface area contributed by atoms with Gasteiger partial charge in [0.05, 0.1) is 12.1 Å². The third-order valence-corrected chi connectivity index (χ3v) is 3.55. The summed E-state index contributed by atoms with van der Waals surface area (Å²) in [5.41, 5.74) is -3.27. The monoisotopic (exact) mass is 336 g/mol. The number of pyridine rings is 2. The van der Waals surface area contributed by atoms with Gasteiger partial charge < -0.3 is 5.11 Å². The number of halogens is 3. The maximum Gasteiger partial charge on any atom is 0.438 e. The lowest BCUT2D eigenvalue weighted by molar-refractivity contribution is -0.297. The first-order valence-electron chi connectivity index (χ1n) is 6.84. The van der Waals surface area contributed by atoms with Crippen molar-refractivity contribution >= 4 is 11.6 Å². The Kier molecular flexibility index (Phi) is 3.80. The van der Waals surface area contributed by atoms with E-state index in [1.54, 1.807) is 0 Å². The second kappa shape index (κ2) is 5.68. The van der Waals surface area contributed by atoms with E-state index < -0.39 is 24.2 Å². The number of hydrogen-bond donors (Lipinski definition) is 1. The Hall–Kier alpha value is -2.81. The van der Waals surface area contributed by atoms with Crippen LogP contribution in [0.4, 0.5) is 13.2 Å². The van der Waals surface area contributed by atoms with Crippen molar-refractivity contribution in [3.8, 4) is 0 Å². The van der Waals surface area contributed by atoms with Crippen LogP contribution in [0.5, 0.6) is 0 Å². The van der Waals surface area contributed by atoms with Crippen molar-refractivity contribution in [3.63, 3.8) is 0 Å². The molecule has 1 aliphatic rings. The zero-order valence-electron chi connectivity index (χ0n) is 12.1. The van der Waals surface area contributed by atoms with Crippen molar-refractivity contribution in [2.24, 2.45) is 5.10 Å². The lowest BCUT2D eigenvalue weighted by Crippen LogP contribution is -2.56. The minimum absolute atomic E-state index is 0.0659. The van der Waals surface area contributed by atoms with Crippen molar-refractivity contribution in [1.82, 2.24) is 15.0 Å². The highest BCUT2D eigenvalue weighted by Crippen LogP contribution is 2.41. The summed E-state index contributed by atoms with van der Waals surface area (Å²) in [6, 6.07) is 5.52. The van der Waals surface area contributed by atoms with Gasteiger partial charge in [0.25, 0.3) is 11.6 Å². The summed E-state index contributed by atoms with van der Waals surface area (Å²) >= 11 is 0. The Morgan fingerprint density at radius 3 is 2.46 bits per heavy atom. The molecular weight excluding hydrogens is 325 g/mol.